The van der Waals surface area contributed by atoms with E-state index in [1.807, 2.05) is 19.1 Å². The van der Waals surface area contributed by atoms with Crippen LogP contribution in [0.4, 0.5) is 0 Å². The van der Waals surface area contributed by atoms with Crippen molar-refractivity contribution in [2.75, 3.05) is 13.1 Å². The number of nitrogens with one attached hydrogen (secondary N) is 1. The molecule has 152 valence electrons. The number of imidazole rings is 1. The van der Waals surface area contributed by atoms with Gasteiger partial charge in [0.15, 0.2) is 5.65 Å². The number of aryl methyl sites for hydroxylation is 2. The molecule has 0 aromatic carbocycles. The zero-order valence-corrected chi connectivity index (χ0v) is 16.6. The van der Waals surface area contributed by atoms with Gasteiger partial charge in [0.05, 0.1) is 0 Å². The second-order valence-corrected chi connectivity index (χ2v) is 7.43. The Morgan fingerprint density at radius 2 is 2.07 bits per heavy atom. The van der Waals surface area contributed by atoms with Gasteiger partial charge < -0.3 is 14.3 Å². The Bertz CT molecular complexity index is 1230. The van der Waals surface area contributed by atoms with Gasteiger partial charge in [-0.2, -0.15) is 0 Å². The fourth-order valence-electron chi connectivity index (χ4n) is 3.74. The largest absolute Gasteiger partial charge is 0.462 e. The van der Waals surface area contributed by atoms with Crippen LogP contribution in [0, 0.1) is 6.92 Å². The molecule has 1 saturated heterocycles. The van der Waals surface area contributed by atoms with Crippen molar-refractivity contribution in [3.8, 4) is 0 Å². The minimum Gasteiger partial charge on any atom is -0.462 e. The number of hydrogen-bond donors (Lipinski definition) is 1. The monoisotopic (exact) mass is 397 g/mol. The molecule has 29 heavy (non-hydrogen) atoms. The van der Waals surface area contributed by atoms with Crippen LogP contribution in [0.3, 0.4) is 0 Å². The number of piperidine rings is 1. The zero-order valence-electron chi connectivity index (χ0n) is 16.6. The van der Waals surface area contributed by atoms with E-state index in [4.69, 9.17) is 4.42 Å². The number of likely N-dealkylation sites (tertiary alicyclic amines) is 1. The van der Waals surface area contributed by atoms with Crippen LogP contribution < -0.4 is 11.2 Å². The molecule has 0 saturated carbocycles. The van der Waals surface area contributed by atoms with Crippen LogP contribution in [0.15, 0.2) is 32.2 Å². The van der Waals surface area contributed by atoms with Crippen molar-refractivity contribution in [3.63, 3.8) is 0 Å². The fraction of sp³-hybridized carbons (Fsp3) is 0.400. The normalized spacial score (nSPS) is 17.5. The van der Waals surface area contributed by atoms with Crippen molar-refractivity contribution in [1.82, 2.24) is 24.0 Å². The zero-order chi connectivity index (χ0) is 20.7. The molecule has 9 heteroatoms. The molecule has 0 radical (unpaired) electrons. The number of furan rings is 1. The molecule has 4 heterocycles. The third-order valence-corrected chi connectivity index (χ3v) is 5.38. The van der Waals surface area contributed by atoms with Gasteiger partial charge in [-0.1, -0.05) is 0 Å². The summed E-state index contributed by atoms with van der Waals surface area (Å²) in [7, 11) is 3.03. The molecule has 1 N–H and O–H groups in total. The lowest BCUT2D eigenvalue weighted by Crippen LogP contribution is -2.38. The molecule has 1 aliphatic rings. The lowest BCUT2D eigenvalue weighted by molar-refractivity contribution is -0.127. The summed E-state index contributed by atoms with van der Waals surface area (Å²) < 4.78 is 7.87. The van der Waals surface area contributed by atoms with Crippen LogP contribution in [0.1, 0.15) is 36.1 Å². The number of nitrogens with zero attached hydrogens (tertiary/aromatic N) is 4. The molecule has 9 nitrogen and oxygen atoms in total. The van der Waals surface area contributed by atoms with E-state index < -0.39 is 11.2 Å². The highest BCUT2D eigenvalue weighted by Crippen LogP contribution is 2.26. The van der Waals surface area contributed by atoms with Gasteiger partial charge in [0, 0.05) is 39.2 Å². The van der Waals surface area contributed by atoms with Crippen molar-refractivity contribution < 1.29 is 9.21 Å². The van der Waals surface area contributed by atoms with Gasteiger partial charge in [0.2, 0.25) is 5.91 Å². The molecule has 1 aliphatic heterocycles. The lowest BCUT2D eigenvalue weighted by atomic mass is 9.97. The van der Waals surface area contributed by atoms with E-state index in [2.05, 4.69) is 9.97 Å². The Hall–Kier alpha value is -3.36. The van der Waals surface area contributed by atoms with E-state index >= 15 is 0 Å². The maximum Gasteiger partial charge on any atom is 0.332 e. The topological polar surface area (TPSA) is 106 Å². The van der Waals surface area contributed by atoms with Crippen molar-refractivity contribution in [1.29, 1.82) is 0 Å². The van der Waals surface area contributed by atoms with Crippen LogP contribution in [-0.2, 0) is 18.9 Å². The SMILES string of the molecule is Cc1ccc(/C=C/C(=O)N2CCCC(c3nc4c([nH]3)c(=O)n(C)c(=O)n4C)C2)o1. The predicted octanol–water partition coefficient (Wildman–Crippen LogP) is 1.28. The van der Waals surface area contributed by atoms with Crippen molar-refractivity contribution in [3.05, 3.63) is 56.4 Å². The summed E-state index contributed by atoms with van der Waals surface area (Å²) in [4.78, 5) is 46.5. The highest BCUT2D eigenvalue weighted by Gasteiger charge is 2.27. The summed E-state index contributed by atoms with van der Waals surface area (Å²) in [5.74, 6) is 1.93. The Balaban J connectivity index is 1.57. The van der Waals surface area contributed by atoms with Gasteiger partial charge in [0.1, 0.15) is 22.9 Å². The van der Waals surface area contributed by atoms with Gasteiger partial charge in [-0.15, -0.1) is 0 Å². The minimum atomic E-state index is -0.417. The summed E-state index contributed by atoms with van der Waals surface area (Å²) in [5.41, 5.74) is -0.174. The summed E-state index contributed by atoms with van der Waals surface area (Å²) in [6, 6.07) is 3.66. The molecular weight excluding hydrogens is 374 g/mol. The molecule has 3 aromatic rings. The highest BCUT2D eigenvalue weighted by molar-refractivity contribution is 5.91. The third-order valence-electron chi connectivity index (χ3n) is 5.38. The van der Waals surface area contributed by atoms with Crippen LogP contribution >= 0.6 is 0 Å². The number of aromatic nitrogens is 4. The molecule has 4 rings (SSSR count). The maximum atomic E-state index is 12.6. The number of hydrogen-bond acceptors (Lipinski definition) is 5. The first kappa shape index (κ1) is 19.0. The molecule has 1 amide bonds. The van der Waals surface area contributed by atoms with Crippen molar-refractivity contribution >= 4 is 23.1 Å². The van der Waals surface area contributed by atoms with Gasteiger partial charge >= 0.3 is 5.69 Å². The smallest absolute Gasteiger partial charge is 0.332 e. The standard InChI is InChI=1S/C20H23N5O4/c1-12-6-7-14(29-12)8-9-15(26)25-10-4-5-13(11-25)17-21-16-18(22-17)23(2)20(28)24(3)19(16)27/h6-9,13H,4-5,10-11H2,1-3H3,(H,21,22)/b9-8+. The average molecular weight is 397 g/mol. The number of carbonyl (C=O) groups excluding carboxylic acids is 1. The second kappa shape index (κ2) is 7.23. The maximum absolute atomic E-state index is 12.6. The van der Waals surface area contributed by atoms with E-state index in [0.29, 0.717) is 35.8 Å². The van der Waals surface area contributed by atoms with Crippen molar-refractivity contribution in [2.45, 2.75) is 25.7 Å². The Kier molecular flexibility index (Phi) is 4.73. The molecule has 0 aliphatic carbocycles. The number of amides is 1. The predicted molar refractivity (Wildman–Crippen MR) is 108 cm³/mol. The van der Waals surface area contributed by atoms with Crippen LogP contribution in [0.25, 0.3) is 17.2 Å². The number of H-pyrrole nitrogens is 1. The van der Waals surface area contributed by atoms with Crippen molar-refractivity contribution in [2.24, 2.45) is 14.1 Å². The van der Waals surface area contributed by atoms with E-state index in [9.17, 15) is 14.4 Å². The van der Waals surface area contributed by atoms with Crippen LogP contribution in [0.2, 0.25) is 0 Å². The van der Waals surface area contributed by atoms with E-state index in [1.54, 1.807) is 18.0 Å². The summed E-state index contributed by atoms with van der Waals surface area (Å²) in [6.45, 7) is 3.01. The lowest BCUT2D eigenvalue weighted by Gasteiger charge is -2.31. The summed E-state index contributed by atoms with van der Waals surface area (Å²) in [6.07, 6.45) is 4.86. The average Bonchev–Trinajstić information content (AvgIpc) is 3.35. The summed E-state index contributed by atoms with van der Waals surface area (Å²) >= 11 is 0. The highest BCUT2D eigenvalue weighted by atomic mass is 16.3. The van der Waals surface area contributed by atoms with Gasteiger partial charge in [-0.05, 0) is 38.0 Å². The molecule has 0 bridgehead atoms. The fourth-order valence-corrected chi connectivity index (χ4v) is 3.74. The molecule has 0 spiro atoms. The van der Waals surface area contributed by atoms with Gasteiger partial charge in [0.25, 0.3) is 5.56 Å². The Morgan fingerprint density at radius 3 is 2.79 bits per heavy atom. The van der Waals surface area contributed by atoms with E-state index in [-0.39, 0.29) is 11.8 Å². The van der Waals surface area contributed by atoms with Gasteiger partial charge in [-0.25, -0.2) is 9.78 Å². The van der Waals surface area contributed by atoms with Gasteiger partial charge in [-0.3, -0.25) is 18.7 Å². The summed E-state index contributed by atoms with van der Waals surface area (Å²) in [5, 5.41) is 0. The van der Waals surface area contributed by atoms with E-state index in [1.165, 1.54) is 17.7 Å². The number of carbonyl (C=O) groups is 1. The quantitative estimate of drug-likeness (QED) is 0.670. The molecule has 1 unspecified atom stereocenters. The number of aromatic amines is 1. The molecule has 1 atom stereocenters. The first-order chi connectivity index (χ1) is 13.8. The minimum absolute atomic E-state index is 0.0286. The molecular formula is C20H23N5O4. The Labute approximate surface area is 166 Å². The first-order valence-corrected chi connectivity index (χ1v) is 9.54. The first-order valence-electron chi connectivity index (χ1n) is 9.54. The number of fused-ring (bicyclic) bond motifs is 1. The van der Waals surface area contributed by atoms with Crippen LogP contribution in [0.5, 0.6) is 0 Å². The third kappa shape index (κ3) is 3.43. The molecule has 1 fully saturated rings. The number of rotatable bonds is 3. The van der Waals surface area contributed by atoms with Crippen LogP contribution in [-0.4, -0.2) is 43.0 Å². The Morgan fingerprint density at radius 1 is 1.28 bits per heavy atom. The second-order valence-electron chi connectivity index (χ2n) is 7.43. The van der Waals surface area contributed by atoms with E-state index in [0.717, 1.165) is 23.2 Å². The molecule has 3 aromatic heterocycles.